The molecule has 1 saturated heterocycles. The number of carbonyl (C=O) groups excluding carboxylic acids is 1. The van der Waals surface area contributed by atoms with E-state index in [-0.39, 0.29) is 11.2 Å². The summed E-state index contributed by atoms with van der Waals surface area (Å²) in [4.78, 5) is 16.4. The smallest absolute Gasteiger partial charge is 0.277 e. The molecule has 3 aromatic rings. The SMILES string of the molecule is Cc1cccc(-c2nnc(S[C@@H](C)C(=O)N3CC[NH+](Cc4ccccc4)CC3)o2)c1. The van der Waals surface area contributed by atoms with Crippen molar-refractivity contribution < 1.29 is 14.1 Å². The van der Waals surface area contributed by atoms with Crippen molar-refractivity contribution >= 4 is 17.7 Å². The van der Waals surface area contributed by atoms with Crippen molar-refractivity contribution in [1.29, 1.82) is 0 Å². The molecule has 1 N–H and O–H groups in total. The molecule has 1 fully saturated rings. The van der Waals surface area contributed by atoms with Gasteiger partial charge in [0.05, 0.1) is 31.4 Å². The monoisotopic (exact) mass is 423 g/mol. The molecule has 1 aromatic heterocycles. The van der Waals surface area contributed by atoms with Crippen molar-refractivity contribution in [2.24, 2.45) is 0 Å². The lowest BCUT2D eigenvalue weighted by molar-refractivity contribution is -0.917. The lowest BCUT2D eigenvalue weighted by Crippen LogP contribution is -3.13. The van der Waals surface area contributed by atoms with Gasteiger partial charge in [-0.3, -0.25) is 4.79 Å². The number of hydrogen-bond donors (Lipinski definition) is 1. The molecule has 2 aromatic carbocycles. The molecule has 0 unspecified atom stereocenters. The molecule has 1 amide bonds. The van der Waals surface area contributed by atoms with Gasteiger partial charge in [-0.2, -0.15) is 0 Å². The van der Waals surface area contributed by atoms with E-state index in [2.05, 4.69) is 34.5 Å². The predicted molar refractivity (Wildman–Crippen MR) is 117 cm³/mol. The van der Waals surface area contributed by atoms with Gasteiger partial charge < -0.3 is 14.2 Å². The topological polar surface area (TPSA) is 63.7 Å². The first-order valence-corrected chi connectivity index (χ1v) is 11.2. The average Bonchev–Trinajstić information content (AvgIpc) is 3.23. The molecule has 1 aliphatic rings. The van der Waals surface area contributed by atoms with Gasteiger partial charge in [0, 0.05) is 11.1 Å². The number of aryl methyl sites for hydroxylation is 1. The minimum atomic E-state index is -0.258. The molecule has 1 atom stereocenters. The molecule has 1 aliphatic heterocycles. The number of carbonyl (C=O) groups is 1. The molecule has 156 valence electrons. The van der Waals surface area contributed by atoms with Crippen molar-refractivity contribution in [3.8, 4) is 11.5 Å². The molecular formula is C23H27N4O2S+. The molecule has 7 heteroatoms. The lowest BCUT2D eigenvalue weighted by Gasteiger charge is -2.33. The zero-order chi connectivity index (χ0) is 20.9. The number of amides is 1. The molecule has 0 bridgehead atoms. The van der Waals surface area contributed by atoms with Gasteiger partial charge in [0.15, 0.2) is 0 Å². The largest absolute Gasteiger partial charge is 0.411 e. The van der Waals surface area contributed by atoms with Crippen molar-refractivity contribution in [3.05, 3.63) is 65.7 Å². The third-order valence-electron chi connectivity index (χ3n) is 5.38. The third kappa shape index (κ3) is 5.09. The Balaban J connectivity index is 1.29. The first-order chi connectivity index (χ1) is 14.6. The Hall–Kier alpha value is -2.64. The van der Waals surface area contributed by atoms with Crippen LogP contribution in [0.4, 0.5) is 0 Å². The number of piperazine rings is 1. The first kappa shape index (κ1) is 20.6. The summed E-state index contributed by atoms with van der Waals surface area (Å²) in [5.74, 6) is 0.619. The zero-order valence-corrected chi connectivity index (χ0v) is 18.2. The fourth-order valence-corrected chi connectivity index (χ4v) is 4.48. The summed E-state index contributed by atoms with van der Waals surface area (Å²) in [6.07, 6.45) is 0. The van der Waals surface area contributed by atoms with Crippen LogP contribution < -0.4 is 4.90 Å². The van der Waals surface area contributed by atoms with Gasteiger partial charge in [0.2, 0.25) is 11.8 Å². The molecule has 6 nitrogen and oxygen atoms in total. The number of hydrogen-bond acceptors (Lipinski definition) is 5. The molecular weight excluding hydrogens is 396 g/mol. The van der Waals surface area contributed by atoms with E-state index in [9.17, 15) is 4.79 Å². The number of thioether (sulfide) groups is 1. The van der Waals surface area contributed by atoms with E-state index in [4.69, 9.17) is 4.42 Å². The van der Waals surface area contributed by atoms with E-state index in [1.807, 2.05) is 49.1 Å². The maximum atomic E-state index is 12.9. The molecule has 0 radical (unpaired) electrons. The molecule has 30 heavy (non-hydrogen) atoms. The maximum Gasteiger partial charge on any atom is 0.277 e. The quantitative estimate of drug-likeness (QED) is 0.617. The summed E-state index contributed by atoms with van der Waals surface area (Å²) in [6.45, 7) is 8.45. The summed E-state index contributed by atoms with van der Waals surface area (Å²) in [5.41, 5.74) is 3.37. The summed E-state index contributed by atoms with van der Waals surface area (Å²) in [5, 5.41) is 8.43. The van der Waals surface area contributed by atoms with Crippen LogP contribution >= 0.6 is 11.8 Å². The van der Waals surface area contributed by atoms with Crippen molar-refractivity contribution in [2.45, 2.75) is 30.9 Å². The second-order valence-electron chi connectivity index (χ2n) is 7.74. The minimum Gasteiger partial charge on any atom is -0.411 e. The molecule has 4 rings (SSSR count). The van der Waals surface area contributed by atoms with Gasteiger partial charge in [0.25, 0.3) is 5.22 Å². The van der Waals surface area contributed by atoms with Crippen LogP contribution in [0.5, 0.6) is 0 Å². The standard InChI is InChI=1S/C23H26N4O2S/c1-17-7-6-10-20(15-17)21-24-25-23(29-21)30-18(2)22(28)27-13-11-26(12-14-27)16-19-8-4-3-5-9-19/h3-10,15,18H,11-14,16H2,1-2H3/p+1/t18-/m0/s1. The van der Waals surface area contributed by atoms with Gasteiger partial charge >= 0.3 is 0 Å². The molecule has 2 heterocycles. The number of nitrogens with one attached hydrogen (secondary N) is 1. The number of rotatable bonds is 6. The van der Waals surface area contributed by atoms with Gasteiger partial charge in [0.1, 0.15) is 6.54 Å². The van der Waals surface area contributed by atoms with Crippen LogP contribution in [0.2, 0.25) is 0 Å². The number of nitrogens with zero attached hydrogens (tertiary/aromatic N) is 3. The van der Waals surface area contributed by atoms with Crippen molar-refractivity contribution in [2.75, 3.05) is 26.2 Å². The Morgan fingerprint density at radius 2 is 1.90 bits per heavy atom. The van der Waals surface area contributed by atoms with Crippen LogP contribution in [0.25, 0.3) is 11.5 Å². The Labute approximate surface area is 181 Å². The normalized spacial score (nSPS) is 15.9. The number of benzene rings is 2. The fraction of sp³-hybridized carbons (Fsp3) is 0.348. The fourth-order valence-electron chi connectivity index (χ4n) is 3.72. The molecule has 0 spiro atoms. The van der Waals surface area contributed by atoms with Crippen molar-refractivity contribution in [1.82, 2.24) is 15.1 Å². The summed E-state index contributed by atoms with van der Waals surface area (Å²) < 4.78 is 5.78. The highest BCUT2D eigenvalue weighted by atomic mass is 32.2. The highest BCUT2D eigenvalue weighted by Crippen LogP contribution is 2.27. The number of quaternary nitrogens is 1. The second kappa shape index (κ2) is 9.45. The summed E-state index contributed by atoms with van der Waals surface area (Å²) in [7, 11) is 0. The van der Waals surface area contributed by atoms with Crippen molar-refractivity contribution in [3.63, 3.8) is 0 Å². The van der Waals surface area contributed by atoms with Gasteiger partial charge in [-0.15, -0.1) is 10.2 Å². The van der Waals surface area contributed by atoms with Crippen LogP contribution in [0.15, 0.2) is 64.2 Å². The van der Waals surface area contributed by atoms with E-state index in [1.165, 1.54) is 22.2 Å². The summed E-state index contributed by atoms with van der Waals surface area (Å²) in [6, 6.07) is 18.5. The van der Waals surface area contributed by atoms with Gasteiger partial charge in [-0.25, -0.2) is 0 Å². The predicted octanol–water partition coefficient (Wildman–Crippen LogP) is 2.45. The number of aromatic nitrogens is 2. The second-order valence-corrected chi connectivity index (χ2v) is 9.03. The van der Waals surface area contributed by atoms with Crippen LogP contribution in [-0.2, 0) is 11.3 Å². The Morgan fingerprint density at radius 3 is 2.63 bits per heavy atom. The maximum absolute atomic E-state index is 12.9. The van der Waals surface area contributed by atoms with E-state index in [0.717, 1.165) is 43.9 Å². The van der Waals surface area contributed by atoms with Gasteiger partial charge in [-0.05, 0) is 26.0 Å². The lowest BCUT2D eigenvalue weighted by atomic mass is 10.1. The van der Waals surface area contributed by atoms with Gasteiger partial charge in [-0.1, -0.05) is 59.8 Å². The Morgan fingerprint density at radius 1 is 1.13 bits per heavy atom. The zero-order valence-electron chi connectivity index (χ0n) is 17.4. The molecule has 0 saturated carbocycles. The van der Waals surface area contributed by atoms with Crippen LogP contribution in [0.1, 0.15) is 18.1 Å². The summed E-state index contributed by atoms with van der Waals surface area (Å²) >= 11 is 1.33. The third-order valence-corrected chi connectivity index (χ3v) is 6.30. The van der Waals surface area contributed by atoms with E-state index in [1.54, 1.807) is 0 Å². The average molecular weight is 424 g/mol. The van der Waals surface area contributed by atoms with Crippen LogP contribution in [0.3, 0.4) is 0 Å². The molecule has 0 aliphatic carbocycles. The minimum absolute atomic E-state index is 0.133. The Bertz CT molecular complexity index is 984. The van der Waals surface area contributed by atoms with E-state index >= 15 is 0 Å². The first-order valence-electron chi connectivity index (χ1n) is 10.3. The highest BCUT2D eigenvalue weighted by Gasteiger charge is 2.28. The highest BCUT2D eigenvalue weighted by molar-refractivity contribution is 8.00. The van der Waals surface area contributed by atoms with E-state index in [0.29, 0.717) is 11.1 Å². The van der Waals surface area contributed by atoms with E-state index < -0.39 is 0 Å². The van der Waals surface area contributed by atoms with Crippen LogP contribution in [0, 0.1) is 6.92 Å². The Kier molecular flexibility index (Phi) is 6.50. The van der Waals surface area contributed by atoms with Crippen LogP contribution in [-0.4, -0.2) is 52.4 Å².